The van der Waals surface area contributed by atoms with Crippen molar-refractivity contribution in [3.8, 4) is 0 Å². The summed E-state index contributed by atoms with van der Waals surface area (Å²) in [6.45, 7) is 6.83. The number of imidazole rings is 1. The molecule has 2 rings (SSSR count). The molecule has 0 saturated carbocycles. The lowest BCUT2D eigenvalue weighted by molar-refractivity contribution is -0.674. The monoisotopic (exact) mass is 321 g/mol. The summed E-state index contributed by atoms with van der Waals surface area (Å²) in [5, 5.41) is 0. The molecule has 0 aliphatic carbocycles. The van der Waals surface area contributed by atoms with E-state index in [4.69, 9.17) is 0 Å². The van der Waals surface area contributed by atoms with Crippen LogP contribution in [0.5, 0.6) is 0 Å². The van der Waals surface area contributed by atoms with E-state index in [1.165, 1.54) is 6.07 Å². The maximum atomic E-state index is 12.7. The van der Waals surface area contributed by atoms with E-state index < -0.39 is 20.2 Å². The average molecular weight is 321 g/mol. The Balaban J connectivity index is 2.79. The fourth-order valence-corrected chi connectivity index (χ4v) is 3.32. The Morgan fingerprint density at radius 3 is 2.33 bits per heavy atom. The van der Waals surface area contributed by atoms with E-state index in [1.807, 2.05) is 25.3 Å². The normalized spacial score (nSPS) is 13.0. The van der Waals surface area contributed by atoms with Crippen LogP contribution in [0.1, 0.15) is 19.7 Å². The van der Waals surface area contributed by atoms with Gasteiger partial charge in [-0.3, -0.25) is 0 Å². The van der Waals surface area contributed by atoms with Gasteiger partial charge in [0.25, 0.3) is 15.7 Å². The first kappa shape index (κ1) is 15.8. The smallest absolute Gasteiger partial charge is 0.228 e. The van der Waals surface area contributed by atoms with Crippen LogP contribution >= 0.6 is 0 Å². The maximum Gasteiger partial charge on any atom is 0.501 e. The predicted molar refractivity (Wildman–Crippen MR) is 71.5 cm³/mol. The van der Waals surface area contributed by atoms with Crippen LogP contribution in [-0.2, 0) is 22.9 Å². The lowest BCUT2D eigenvalue weighted by Gasteiger charge is -2.07. The zero-order valence-electron chi connectivity index (χ0n) is 11.9. The van der Waals surface area contributed by atoms with Crippen molar-refractivity contribution in [2.24, 2.45) is 0 Å². The Kier molecular flexibility index (Phi) is 3.77. The third-order valence-electron chi connectivity index (χ3n) is 3.56. The van der Waals surface area contributed by atoms with Gasteiger partial charge in [0.2, 0.25) is 0 Å². The largest absolute Gasteiger partial charge is 0.501 e. The van der Waals surface area contributed by atoms with Gasteiger partial charge in [-0.2, -0.15) is 13.2 Å². The molecule has 0 radical (unpaired) electrons. The van der Waals surface area contributed by atoms with Crippen LogP contribution in [0, 0.1) is 6.92 Å². The van der Waals surface area contributed by atoms with Gasteiger partial charge in [0.15, 0.2) is 11.0 Å². The summed E-state index contributed by atoms with van der Waals surface area (Å²) in [4.78, 5) is -0.724. The number of sulfone groups is 1. The molecule has 0 saturated heterocycles. The van der Waals surface area contributed by atoms with E-state index in [0.29, 0.717) is 18.6 Å². The molecule has 0 aliphatic rings. The lowest BCUT2D eigenvalue weighted by Crippen LogP contribution is -2.35. The highest BCUT2D eigenvalue weighted by atomic mass is 32.2. The SMILES string of the molecule is CCn1c(C)[n+](CC)c2ccc(S(=O)(=O)C(F)(F)F)cc21. The van der Waals surface area contributed by atoms with Gasteiger partial charge in [-0.25, -0.2) is 17.6 Å². The second-order valence-electron chi connectivity index (χ2n) is 4.64. The minimum Gasteiger partial charge on any atom is -0.228 e. The van der Waals surface area contributed by atoms with Gasteiger partial charge in [-0.15, -0.1) is 0 Å². The summed E-state index contributed by atoms with van der Waals surface area (Å²) in [5.41, 5.74) is -4.08. The van der Waals surface area contributed by atoms with E-state index in [9.17, 15) is 21.6 Å². The molecule has 0 spiro atoms. The molecule has 0 atom stereocenters. The van der Waals surface area contributed by atoms with Crippen LogP contribution in [0.4, 0.5) is 13.2 Å². The first-order chi connectivity index (χ1) is 9.65. The summed E-state index contributed by atoms with van der Waals surface area (Å²) >= 11 is 0. The minimum absolute atomic E-state index is 0.488. The minimum atomic E-state index is -5.33. The Morgan fingerprint density at radius 1 is 1.24 bits per heavy atom. The molecular weight excluding hydrogens is 305 g/mol. The summed E-state index contributed by atoms with van der Waals surface area (Å²) in [5.74, 6) is 0.872. The molecule has 4 nitrogen and oxygen atoms in total. The summed E-state index contributed by atoms with van der Waals surface area (Å²) in [6.07, 6.45) is 0. The number of hydrogen-bond acceptors (Lipinski definition) is 2. The first-order valence-electron chi connectivity index (χ1n) is 6.49. The molecule has 8 heteroatoms. The van der Waals surface area contributed by atoms with Crippen LogP contribution in [0.2, 0.25) is 0 Å². The van der Waals surface area contributed by atoms with Crippen molar-refractivity contribution in [3.05, 3.63) is 24.0 Å². The van der Waals surface area contributed by atoms with Gasteiger partial charge in [0, 0.05) is 13.0 Å². The van der Waals surface area contributed by atoms with E-state index in [0.717, 1.165) is 23.5 Å². The van der Waals surface area contributed by atoms with E-state index in [-0.39, 0.29) is 0 Å². The number of fused-ring (bicyclic) bond motifs is 1. The Labute approximate surface area is 120 Å². The third-order valence-corrected chi connectivity index (χ3v) is 5.04. The van der Waals surface area contributed by atoms with Crippen molar-refractivity contribution >= 4 is 20.9 Å². The van der Waals surface area contributed by atoms with Gasteiger partial charge in [0.1, 0.15) is 0 Å². The van der Waals surface area contributed by atoms with Crippen molar-refractivity contribution in [2.45, 2.75) is 44.3 Å². The van der Waals surface area contributed by atoms with Crippen LogP contribution in [0.25, 0.3) is 11.0 Å². The highest BCUT2D eigenvalue weighted by Gasteiger charge is 2.47. The van der Waals surface area contributed by atoms with Crippen molar-refractivity contribution in [3.63, 3.8) is 0 Å². The molecular formula is C13H16F3N2O2S+. The molecule has 0 fully saturated rings. The predicted octanol–water partition coefficient (Wildman–Crippen LogP) is 2.57. The van der Waals surface area contributed by atoms with Gasteiger partial charge in [0.05, 0.1) is 18.0 Å². The van der Waals surface area contributed by atoms with Gasteiger partial charge in [-0.1, -0.05) is 0 Å². The van der Waals surface area contributed by atoms with Gasteiger partial charge >= 0.3 is 5.51 Å². The van der Waals surface area contributed by atoms with Crippen LogP contribution in [-0.4, -0.2) is 18.5 Å². The lowest BCUT2D eigenvalue weighted by atomic mass is 10.3. The van der Waals surface area contributed by atoms with Crippen molar-refractivity contribution in [1.29, 1.82) is 0 Å². The van der Waals surface area contributed by atoms with Crippen LogP contribution in [0.15, 0.2) is 23.1 Å². The van der Waals surface area contributed by atoms with Crippen LogP contribution < -0.4 is 4.57 Å². The standard InChI is InChI=1S/C13H16F3N2O2S/c1-4-17-9(3)18(5-2)12-8-10(6-7-11(12)17)21(19,20)13(14,15)16/h6-8H,4-5H2,1-3H3/q+1. The molecule has 2 aromatic rings. The van der Waals surface area contributed by atoms with Crippen molar-refractivity contribution in [2.75, 3.05) is 0 Å². The molecule has 1 aromatic carbocycles. The quantitative estimate of drug-likeness (QED) is 0.816. The first-order valence-corrected chi connectivity index (χ1v) is 7.97. The van der Waals surface area contributed by atoms with Crippen molar-refractivity contribution < 1.29 is 26.2 Å². The van der Waals surface area contributed by atoms with E-state index in [2.05, 4.69) is 0 Å². The molecule has 0 bridgehead atoms. The Morgan fingerprint density at radius 2 is 1.86 bits per heavy atom. The molecule has 0 unspecified atom stereocenters. The number of nitrogens with zero attached hydrogens (tertiary/aromatic N) is 2. The Hall–Kier alpha value is -1.57. The fraction of sp³-hybridized carbons (Fsp3) is 0.462. The highest BCUT2D eigenvalue weighted by Crippen LogP contribution is 2.31. The highest BCUT2D eigenvalue weighted by molar-refractivity contribution is 7.92. The fourth-order valence-electron chi connectivity index (χ4n) is 2.54. The molecule has 116 valence electrons. The van der Waals surface area contributed by atoms with Crippen molar-refractivity contribution in [1.82, 2.24) is 4.57 Å². The third kappa shape index (κ3) is 2.31. The van der Waals surface area contributed by atoms with Crippen LogP contribution in [0.3, 0.4) is 0 Å². The molecule has 0 aliphatic heterocycles. The topological polar surface area (TPSA) is 43.0 Å². The number of rotatable bonds is 3. The van der Waals surface area contributed by atoms with E-state index >= 15 is 0 Å². The van der Waals surface area contributed by atoms with Gasteiger partial charge in [-0.05, 0) is 26.0 Å². The number of aryl methyl sites for hydroxylation is 2. The number of alkyl halides is 3. The van der Waals surface area contributed by atoms with Gasteiger partial charge < -0.3 is 0 Å². The summed E-state index contributed by atoms with van der Waals surface area (Å²) < 4.78 is 64.7. The zero-order valence-corrected chi connectivity index (χ0v) is 12.7. The molecule has 1 aromatic heterocycles. The second-order valence-corrected chi connectivity index (χ2v) is 6.58. The molecule has 1 heterocycles. The molecule has 0 amide bonds. The summed E-state index contributed by atoms with van der Waals surface area (Å²) in [7, 11) is -5.33. The van der Waals surface area contributed by atoms with E-state index in [1.54, 1.807) is 4.57 Å². The Bertz CT molecular complexity index is 792. The number of aromatic nitrogens is 2. The number of benzene rings is 1. The molecule has 21 heavy (non-hydrogen) atoms. The number of hydrogen-bond donors (Lipinski definition) is 0. The average Bonchev–Trinajstić information content (AvgIpc) is 2.67. The maximum absolute atomic E-state index is 12.7. The number of halogens is 3. The summed E-state index contributed by atoms with van der Waals surface area (Å²) in [6, 6.07) is 3.54. The molecule has 0 N–H and O–H groups in total. The zero-order chi connectivity index (χ0) is 16.0. The second kappa shape index (κ2) is 5.01.